The number of aliphatic carboxylic acids is 1. The lowest BCUT2D eigenvalue weighted by Gasteiger charge is -1.87. The minimum Gasteiger partial charge on any atom is -0.479 e. The standard InChI is InChI=1S/C2H3O5P/c3-1(4)2(5)8(6)7/h2,5H,(H,3,4). The first-order valence-corrected chi connectivity index (χ1v) is 2.84. The van der Waals surface area contributed by atoms with Crippen LogP contribution in [-0.2, 0) is 13.9 Å². The molecule has 46 valence electrons. The Bertz CT molecular complexity index is 150. The third-order valence-corrected chi connectivity index (χ3v) is 1.04. The van der Waals surface area contributed by atoms with Crippen LogP contribution in [0.3, 0.4) is 0 Å². The fourth-order valence-corrected chi connectivity index (χ4v) is 0.271. The van der Waals surface area contributed by atoms with Crippen molar-refractivity contribution in [3.05, 3.63) is 0 Å². The fraction of sp³-hybridized carbons (Fsp3) is 0.500. The van der Waals surface area contributed by atoms with Crippen molar-refractivity contribution in [2.45, 2.75) is 5.85 Å². The van der Waals surface area contributed by atoms with Gasteiger partial charge in [-0.2, -0.15) is 0 Å². The molecule has 0 radical (unpaired) electrons. The number of hydrogen-bond donors (Lipinski definition) is 2. The van der Waals surface area contributed by atoms with E-state index < -0.39 is 19.5 Å². The van der Waals surface area contributed by atoms with E-state index in [9.17, 15) is 13.9 Å². The van der Waals surface area contributed by atoms with E-state index in [0.717, 1.165) is 0 Å². The van der Waals surface area contributed by atoms with Gasteiger partial charge in [-0.15, -0.1) is 0 Å². The van der Waals surface area contributed by atoms with E-state index in [0.29, 0.717) is 0 Å². The normalized spacial score (nSPS) is 12.6. The van der Waals surface area contributed by atoms with E-state index in [1.165, 1.54) is 0 Å². The molecule has 5 nitrogen and oxygen atoms in total. The van der Waals surface area contributed by atoms with Gasteiger partial charge in [-0.25, -0.2) is 13.9 Å². The highest BCUT2D eigenvalue weighted by Gasteiger charge is 2.18. The summed E-state index contributed by atoms with van der Waals surface area (Å²) in [6, 6.07) is 0. The Balaban J connectivity index is 4.04. The number of carboxylic acid groups (broad SMARTS) is 1. The Morgan fingerprint density at radius 1 is 1.50 bits per heavy atom. The maximum Gasteiger partial charge on any atom is 0.356 e. The lowest BCUT2D eigenvalue weighted by atomic mass is 10.7. The van der Waals surface area contributed by atoms with Crippen molar-refractivity contribution in [2.24, 2.45) is 0 Å². The molecular weight excluding hydrogens is 135 g/mol. The molecule has 8 heavy (non-hydrogen) atoms. The molecule has 0 amide bonds. The van der Waals surface area contributed by atoms with Crippen molar-refractivity contribution in [2.75, 3.05) is 0 Å². The maximum absolute atomic E-state index is 9.55. The van der Waals surface area contributed by atoms with Crippen LogP contribution < -0.4 is 0 Å². The molecule has 0 saturated heterocycles. The van der Waals surface area contributed by atoms with Crippen molar-refractivity contribution >= 4 is 13.6 Å². The van der Waals surface area contributed by atoms with Gasteiger partial charge >= 0.3 is 13.6 Å². The SMILES string of the molecule is O=C(O)C(O)P(=O)=O. The molecule has 0 aliphatic rings. The molecule has 0 aromatic rings. The monoisotopic (exact) mass is 138 g/mol. The van der Waals surface area contributed by atoms with Crippen LogP contribution in [0.2, 0.25) is 0 Å². The Morgan fingerprint density at radius 3 is 1.88 bits per heavy atom. The van der Waals surface area contributed by atoms with E-state index in [1.54, 1.807) is 0 Å². The molecule has 0 saturated carbocycles. The van der Waals surface area contributed by atoms with Gasteiger partial charge in [-0.1, -0.05) is 0 Å². The Hall–Kier alpha value is -0.670. The van der Waals surface area contributed by atoms with Crippen molar-refractivity contribution in [3.63, 3.8) is 0 Å². The summed E-state index contributed by atoms with van der Waals surface area (Å²) in [5, 5.41) is 15.7. The van der Waals surface area contributed by atoms with E-state index in [4.69, 9.17) is 10.2 Å². The lowest BCUT2D eigenvalue weighted by Crippen LogP contribution is -2.12. The number of carbonyl (C=O) groups is 1. The fourth-order valence-electron chi connectivity index (χ4n) is 0.0902. The molecule has 0 aliphatic heterocycles. The third kappa shape index (κ3) is 1.86. The molecule has 0 aliphatic carbocycles. The zero-order chi connectivity index (χ0) is 6.73. The van der Waals surface area contributed by atoms with Gasteiger partial charge in [0.2, 0.25) is 0 Å². The van der Waals surface area contributed by atoms with Crippen molar-refractivity contribution in [3.8, 4) is 0 Å². The van der Waals surface area contributed by atoms with Crippen LogP contribution in [0.25, 0.3) is 0 Å². The number of aliphatic hydroxyl groups excluding tert-OH is 1. The van der Waals surface area contributed by atoms with Gasteiger partial charge in [0, 0.05) is 0 Å². The molecular formula is C2H3O5P. The van der Waals surface area contributed by atoms with E-state index in [-0.39, 0.29) is 0 Å². The molecule has 0 rings (SSSR count). The van der Waals surface area contributed by atoms with Crippen molar-refractivity contribution in [1.82, 2.24) is 0 Å². The second-order valence-corrected chi connectivity index (χ2v) is 2.06. The van der Waals surface area contributed by atoms with Gasteiger partial charge in [-0.3, -0.25) is 0 Å². The van der Waals surface area contributed by atoms with Crippen molar-refractivity contribution in [1.29, 1.82) is 0 Å². The Kier molecular flexibility index (Phi) is 2.37. The molecule has 0 fully saturated rings. The number of rotatable bonds is 2. The van der Waals surface area contributed by atoms with Crippen LogP contribution in [0.4, 0.5) is 0 Å². The van der Waals surface area contributed by atoms with Crippen LogP contribution in [0.1, 0.15) is 0 Å². The van der Waals surface area contributed by atoms with Gasteiger partial charge in [0.15, 0.2) is 0 Å². The highest BCUT2D eigenvalue weighted by Crippen LogP contribution is 2.09. The molecule has 0 aromatic carbocycles. The average molecular weight is 138 g/mol. The highest BCUT2D eigenvalue weighted by atomic mass is 31.1. The minimum atomic E-state index is -3.25. The van der Waals surface area contributed by atoms with Gasteiger partial charge in [-0.05, 0) is 0 Å². The first kappa shape index (κ1) is 7.33. The summed E-state index contributed by atoms with van der Waals surface area (Å²) in [5.41, 5.74) is 0. The first-order valence-electron chi connectivity index (χ1n) is 1.60. The van der Waals surface area contributed by atoms with Crippen LogP contribution in [0.15, 0.2) is 0 Å². The second-order valence-electron chi connectivity index (χ2n) is 0.997. The molecule has 1 unspecified atom stereocenters. The quantitative estimate of drug-likeness (QED) is 0.504. The summed E-state index contributed by atoms with van der Waals surface area (Å²) >= 11 is 0. The summed E-state index contributed by atoms with van der Waals surface area (Å²) in [4.78, 5) is 9.51. The van der Waals surface area contributed by atoms with E-state index >= 15 is 0 Å². The van der Waals surface area contributed by atoms with Gasteiger partial charge < -0.3 is 10.2 Å². The largest absolute Gasteiger partial charge is 0.479 e. The maximum atomic E-state index is 9.55. The van der Waals surface area contributed by atoms with E-state index in [1.807, 2.05) is 0 Å². The Labute approximate surface area is 44.8 Å². The molecule has 0 bridgehead atoms. The van der Waals surface area contributed by atoms with Crippen LogP contribution >= 0.6 is 7.68 Å². The lowest BCUT2D eigenvalue weighted by molar-refractivity contribution is -0.142. The Morgan fingerprint density at radius 2 is 1.88 bits per heavy atom. The molecule has 0 heterocycles. The predicted molar refractivity (Wildman–Crippen MR) is 21.9 cm³/mol. The number of aliphatic hydroxyl groups is 1. The molecule has 1 atom stereocenters. The smallest absolute Gasteiger partial charge is 0.356 e. The van der Waals surface area contributed by atoms with Crippen LogP contribution in [-0.4, -0.2) is 22.0 Å². The summed E-state index contributed by atoms with van der Waals surface area (Å²) in [5.74, 6) is -4.01. The van der Waals surface area contributed by atoms with Crippen molar-refractivity contribution < 1.29 is 24.1 Å². The highest BCUT2D eigenvalue weighted by molar-refractivity contribution is 7.32. The number of carboxylic acids is 1. The molecule has 0 aromatic heterocycles. The minimum absolute atomic E-state index is 1.75. The predicted octanol–water partition coefficient (Wildman–Crippen LogP) is -0.438. The van der Waals surface area contributed by atoms with Gasteiger partial charge in [0.1, 0.15) is 0 Å². The molecule has 2 N–H and O–H groups in total. The topological polar surface area (TPSA) is 91.7 Å². The molecule has 6 heteroatoms. The van der Waals surface area contributed by atoms with Gasteiger partial charge in [0.05, 0.1) is 0 Å². The van der Waals surface area contributed by atoms with Crippen LogP contribution in [0, 0.1) is 0 Å². The summed E-state index contributed by atoms with van der Waals surface area (Å²) in [7, 11) is -3.25. The average Bonchev–Trinajstić information content (AvgIpc) is 1.64. The third-order valence-electron chi connectivity index (χ3n) is 0.421. The number of hydrogen-bond acceptors (Lipinski definition) is 4. The van der Waals surface area contributed by atoms with Crippen LogP contribution in [0.5, 0.6) is 0 Å². The summed E-state index contributed by atoms with van der Waals surface area (Å²) in [6.07, 6.45) is 0. The summed E-state index contributed by atoms with van der Waals surface area (Å²) < 4.78 is 19.1. The zero-order valence-electron chi connectivity index (χ0n) is 3.64. The first-order chi connectivity index (χ1) is 3.55. The van der Waals surface area contributed by atoms with Gasteiger partial charge in [0.25, 0.3) is 5.85 Å². The summed E-state index contributed by atoms with van der Waals surface area (Å²) in [6.45, 7) is 0. The zero-order valence-corrected chi connectivity index (χ0v) is 4.54. The second kappa shape index (κ2) is 2.59. The molecule has 0 spiro atoms. The van der Waals surface area contributed by atoms with E-state index in [2.05, 4.69) is 0 Å².